The summed E-state index contributed by atoms with van der Waals surface area (Å²) in [5.74, 6) is -0.0526. The van der Waals surface area contributed by atoms with Crippen molar-refractivity contribution in [2.45, 2.75) is 19.8 Å². The van der Waals surface area contributed by atoms with Gasteiger partial charge in [-0.2, -0.15) is 0 Å². The van der Waals surface area contributed by atoms with Gasteiger partial charge in [0, 0.05) is 12.1 Å². The van der Waals surface area contributed by atoms with E-state index in [0.29, 0.717) is 16.4 Å². The number of rotatable bonds is 7. The lowest BCUT2D eigenvalue weighted by molar-refractivity contribution is 0.0956. The molecule has 4 nitrogen and oxygen atoms in total. The Morgan fingerprint density at radius 1 is 1.30 bits per heavy atom. The second kappa shape index (κ2) is 8.43. The minimum atomic E-state index is -0.0526. The Morgan fingerprint density at radius 3 is 2.74 bits per heavy atom. The first-order chi connectivity index (χ1) is 11.0. The number of unbranched alkanes of at least 4 members (excludes halogenated alkanes) is 1. The smallest absolute Gasteiger partial charge is 0.263 e. The van der Waals surface area contributed by atoms with Crippen molar-refractivity contribution in [2.75, 3.05) is 27.2 Å². The number of thiazole rings is 1. The molecule has 0 radical (unpaired) electrons. The number of carbonyl (C=O) groups is 1. The van der Waals surface area contributed by atoms with Crippen molar-refractivity contribution in [3.8, 4) is 10.6 Å². The van der Waals surface area contributed by atoms with E-state index in [1.165, 1.54) is 11.3 Å². The predicted molar refractivity (Wildman–Crippen MR) is 97.4 cm³/mol. The molecule has 1 aromatic carbocycles. The molecule has 0 atom stereocenters. The Morgan fingerprint density at radius 2 is 2.04 bits per heavy atom. The lowest BCUT2D eigenvalue weighted by Gasteiger charge is -2.09. The lowest BCUT2D eigenvalue weighted by Crippen LogP contribution is -2.25. The molecule has 2 rings (SSSR count). The van der Waals surface area contributed by atoms with E-state index >= 15 is 0 Å². The van der Waals surface area contributed by atoms with Gasteiger partial charge in [0.1, 0.15) is 9.88 Å². The van der Waals surface area contributed by atoms with Crippen LogP contribution in [0.4, 0.5) is 0 Å². The number of nitrogens with zero attached hydrogens (tertiary/aromatic N) is 2. The minimum Gasteiger partial charge on any atom is -0.351 e. The number of hydrogen-bond acceptors (Lipinski definition) is 4. The third kappa shape index (κ3) is 5.03. The number of nitrogens with one attached hydrogen (secondary N) is 1. The van der Waals surface area contributed by atoms with Crippen LogP contribution in [0.5, 0.6) is 0 Å². The number of carbonyl (C=O) groups excluding carboxylic acids is 1. The Hall–Kier alpha value is -1.43. The highest BCUT2D eigenvalue weighted by atomic mass is 35.5. The summed E-state index contributed by atoms with van der Waals surface area (Å²) in [6.45, 7) is 3.58. The van der Waals surface area contributed by atoms with Crippen LogP contribution in [0.2, 0.25) is 5.02 Å². The normalized spacial score (nSPS) is 11.0. The van der Waals surface area contributed by atoms with Gasteiger partial charge in [-0.15, -0.1) is 11.3 Å². The van der Waals surface area contributed by atoms with Gasteiger partial charge in [0.15, 0.2) is 0 Å². The quantitative estimate of drug-likeness (QED) is 0.771. The molecule has 1 aromatic heterocycles. The molecule has 0 saturated carbocycles. The first-order valence-electron chi connectivity index (χ1n) is 7.64. The maximum absolute atomic E-state index is 12.3. The number of aryl methyl sites for hydroxylation is 1. The van der Waals surface area contributed by atoms with Gasteiger partial charge < -0.3 is 10.2 Å². The summed E-state index contributed by atoms with van der Waals surface area (Å²) in [5, 5.41) is 4.41. The highest BCUT2D eigenvalue weighted by molar-refractivity contribution is 7.17. The molecule has 0 unspecified atom stereocenters. The molecule has 1 amide bonds. The van der Waals surface area contributed by atoms with E-state index in [9.17, 15) is 4.79 Å². The summed E-state index contributed by atoms with van der Waals surface area (Å²) < 4.78 is 0. The van der Waals surface area contributed by atoms with Crippen LogP contribution in [0.25, 0.3) is 10.6 Å². The third-order valence-corrected chi connectivity index (χ3v) is 4.94. The maximum atomic E-state index is 12.3. The van der Waals surface area contributed by atoms with Gasteiger partial charge in [-0.1, -0.05) is 29.8 Å². The van der Waals surface area contributed by atoms with E-state index in [-0.39, 0.29) is 5.91 Å². The first-order valence-corrected chi connectivity index (χ1v) is 8.83. The van der Waals surface area contributed by atoms with Crippen LogP contribution < -0.4 is 5.32 Å². The topological polar surface area (TPSA) is 45.2 Å². The van der Waals surface area contributed by atoms with Gasteiger partial charge in [0.25, 0.3) is 5.91 Å². The van der Waals surface area contributed by atoms with Crippen molar-refractivity contribution in [3.63, 3.8) is 0 Å². The van der Waals surface area contributed by atoms with Crippen LogP contribution in [0.3, 0.4) is 0 Å². The van der Waals surface area contributed by atoms with E-state index in [1.807, 2.05) is 31.2 Å². The standard InChI is InChI=1S/C17H22ClN3OS/c1-12-15(16(22)19-10-6-7-11-21(2)3)23-17(20-12)13-8-4-5-9-14(13)18/h4-5,8-9H,6-7,10-11H2,1-3H3,(H,19,22). The van der Waals surface area contributed by atoms with Gasteiger partial charge in [-0.05, 0) is 46.5 Å². The van der Waals surface area contributed by atoms with Crippen molar-refractivity contribution in [2.24, 2.45) is 0 Å². The van der Waals surface area contributed by atoms with Crippen molar-refractivity contribution in [1.29, 1.82) is 0 Å². The summed E-state index contributed by atoms with van der Waals surface area (Å²) in [5.41, 5.74) is 1.61. The zero-order valence-corrected chi connectivity index (χ0v) is 15.3. The van der Waals surface area contributed by atoms with Crippen LogP contribution in [0, 0.1) is 6.92 Å². The van der Waals surface area contributed by atoms with Crippen LogP contribution in [-0.4, -0.2) is 43.0 Å². The molecule has 2 aromatic rings. The van der Waals surface area contributed by atoms with Gasteiger partial charge in [-0.3, -0.25) is 4.79 Å². The van der Waals surface area contributed by atoms with Crippen molar-refractivity contribution >= 4 is 28.8 Å². The molecule has 0 aliphatic carbocycles. The number of halogens is 1. The number of benzene rings is 1. The molecule has 1 N–H and O–H groups in total. The molecule has 6 heteroatoms. The van der Waals surface area contributed by atoms with E-state index in [1.54, 1.807) is 0 Å². The van der Waals surface area contributed by atoms with E-state index < -0.39 is 0 Å². The SMILES string of the molecule is Cc1nc(-c2ccccc2Cl)sc1C(=O)NCCCCN(C)C. The molecular weight excluding hydrogens is 330 g/mol. The molecule has 1 heterocycles. The summed E-state index contributed by atoms with van der Waals surface area (Å²) >= 11 is 7.59. The van der Waals surface area contributed by atoms with Crippen molar-refractivity contribution in [1.82, 2.24) is 15.2 Å². The zero-order valence-electron chi connectivity index (χ0n) is 13.7. The lowest BCUT2D eigenvalue weighted by atomic mass is 10.2. The predicted octanol–water partition coefficient (Wildman–Crippen LogP) is 3.84. The Kier molecular flexibility index (Phi) is 6.57. The molecule has 0 fully saturated rings. The average Bonchev–Trinajstić information content (AvgIpc) is 2.88. The van der Waals surface area contributed by atoms with Crippen molar-refractivity contribution < 1.29 is 4.79 Å². The van der Waals surface area contributed by atoms with E-state index in [0.717, 1.165) is 35.7 Å². The largest absolute Gasteiger partial charge is 0.351 e. The second-order valence-corrected chi connectivity index (χ2v) is 7.09. The molecule has 0 saturated heterocycles. The third-order valence-electron chi connectivity index (χ3n) is 3.42. The van der Waals surface area contributed by atoms with Crippen LogP contribution >= 0.6 is 22.9 Å². The van der Waals surface area contributed by atoms with Gasteiger partial charge in [0.2, 0.25) is 0 Å². The number of aromatic nitrogens is 1. The highest BCUT2D eigenvalue weighted by Gasteiger charge is 2.17. The summed E-state index contributed by atoms with van der Waals surface area (Å²) in [6, 6.07) is 7.55. The molecule has 124 valence electrons. The van der Waals surface area contributed by atoms with E-state index in [4.69, 9.17) is 11.6 Å². The number of hydrogen-bond donors (Lipinski definition) is 1. The summed E-state index contributed by atoms with van der Waals surface area (Å²) in [6.07, 6.45) is 2.04. The molecule has 0 aliphatic rings. The fourth-order valence-corrected chi connectivity index (χ4v) is 3.50. The van der Waals surface area contributed by atoms with Crippen molar-refractivity contribution in [3.05, 3.63) is 39.9 Å². The van der Waals surface area contributed by atoms with Crippen LogP contribution in [0.1, 0.15) is 28.2 Å². The molecule has 0 aliphatic heterocycles. The maximum Gasteiger partial charge on any atom is 0.263 e. The molecule has 23 heavy (non-hydrogen) atoms. The fourth-order valence-electron chi connectivity index (χ4n) is 2.19. The minimum absolute atomic E-state index is 0.0526. The molecular formula is C17H22ClN3OS. The Labute approximate surface area is 146 Å². The molecule has 0 bridgehead atoms. The summed E-state index contributed by atoms with van der Waals surface area (Å²) in [7, 11) is 4.10. The zero-order chi connectivity index (χ0) is 16.8. The van der Waals surface area contributed by atoms with Crippen LogP contribution in [0.15, 0.2) is 24.3 Å². The van der Waals surface area contributed by atoms with Gasteiger partial charge in [0.05, 0.1) is 10.7 Å². The monoisotopic (exact) mass is 351 g/mol. The first kappa shape index (κ1) is 17.9. The van der Waals surface area contributed by atoms with E-state index in [2.05, 4.69) is 29.3 Å². The Balaban J connectivity index is 1.98. The second-order valence-electron chi connectivity index (χ2n) is 5.68. The highest BCUT2D eigenvalue weighted by Crippen LogP contribution is 2.32. The van der Waals surface area contributed by atoms with Gasteiger partial charge >= 0.3 is 0 Å². The fraction of sp³-hybridized carbons (Fsp3) is 0.412. The molecule has 0 spiro atoms. The van der Waals surface area contributed by atoms with Crippen LogP contribution in [-0.2, 0) is 0 Å². The van der Waals surface area contributed by atoms with Gasteiger partial charge in [-0.25, -0.2) is 4.98 Å². The number of amides is 1. The Bertz CT molecular complexity index is 670. The average molecular weight is 352 g/mol. The summed E-state index contributed by atoms with van der Waals surface area (Å²) in [4.78, 5) is 19.6.